The van der Waals surface area contributed by atoms with Gasteiger partial charge >= 0.3 is 224 Å². The zero-order valence-corrected chi connectivity index (χ0v) is 27.4. The number of methoxy groups -OCH3 is 2. The molecule has 2 aromatic heterocycles. The smallest absolute Gasteiger partial charge is 1.00 e. The molecule has 0 saturated heterocycles. The molecule has 40 heavy (non-hydrogen) atoms. The maximum atomic E-state index is 13.4. The predicted octanol–water partition coefficient (Wildman–Crippen LogP) is 0.613. The fourth-order valence-electron chi connectivity index (χ4n) is 4.59. The maximum absolute atomic E-state index is 13.4. The summed E-state index contributed by atoms with van der Waals surface area (Å²) in [6, 6.07) is 10.1. The zero-order valence-electron chi connectivity index (χ0n) is 22.6. The number of aryl methyl sites for hydroxylation is 1. The van der Waals surface area contributed by atoms with Crippen LogP contribution in [0.4, 0.5) is 5.69 Å². The van der Waals surface area contributed by atoms with E-state index in [1.165, 1.54) is 20.4 Å². The quantitative estimate of drug-likeness (QED) is 0.156. The van der Waals surface area contributed by atoms with E-state index in [1.54, 1.807) is 25.6 Å². The molecule has 0 saturated carbocycles. The molecule has 0 radical (unpaired) electrons. The fraction of sp³-hybridized carbons (Fsp3) is 0.241. The van der Waals surface area contributed by atoms with Gasteiger partial charge in [0.15, 0.2) is 0 Å². The van der Waals surface area contributed by atoms with Gasteiger partial charge in [0.25, 0.3) is 0 Å². The molecule has 0 fully saturated rings. The Kier molecular flexibility index (Phi) is 9.88. The van der Waals surface area contributed by atoms with E-state index in [0.717, 1.165) is 37.1 Å². The topological polar surface area (TPSA) is 47.6 Å². The first-order valence-electron chi connectivity index (χ1n) is 12.5. The van der Waals surface area contributed by atoms with E-state index in [2.05, 4.69) is 41.2 Å². The minimum Gasteiger partial charge on any atom is -1.00 e. The van der Waals surface area contributed by atoms with Crippen molar-refractivity contribution < 1.29 is 26.4 Å². The average Bonchev–Trinajstić information content (AvgIpc) is 3.56. The van der Waals surface area contributed by atoms with Crippen molar-refractivity contribution in [1.29, 1.82) is 0 Å². The molecule has 5 rings (SSSR count). The van der Waals surface area contributed by atoms with Gasteiger partial charge in [-0.2, -0.15) is 0 Å². The Hall–Kier alpha value is -2.52. The molecule has 3 heterocycles. The Balaban J connectivity index is 0.00000370. The fourth-order valence-corrected chi connectivity index (χ4v) is 9.26. The summed E-state index contributed by atoms with van der Waals surface area (Å²) in [6.45, 7) is 10.1. The number of hydrogen-bond acceptors (Lipinski definition) is 6. The van der Waals surface area contributed by atoms with Crippen LogP contribution in [0, 0.1) is 0 Å². The second kappa shape index (κ2) is 13.0. The minimum absolute atomic E-state index is 0. The van der Waals surface area contributed by atoms with Crippen LogP contribution in [0.3, 0.4) is 0 Å². The summed E-state index contributed by atoms with van der Waals surface area (Å²) in [5, 5.41) is 1.79. The van der Waals surface area contributed by atoms with Gasteiger partial charge in [-0.1, -0.05) is 0 Å². The Morgan fingerprint density at radius 1 is 1.10 bits per heavy atom. The van der Waals surface area contributed by atoms with E-state index in [9.17, 15) is 4.79 Å². The number of benzene rings is 2. The van der Waals surface area contributed by atoms with Crippen LogP contribution in [0.2, 0.25) is 5.02 Å². The van der Waals surface area contributed by atoms with Crippen molar-refractivity contribution in [1.82, 2.24) is 4.57 Å². The molecule has 11 heteroatoms. The normalized spacial score (nSPS) is 14.6. The van der Waals surface area contributed by atoms with Crippen molar-refractivity contribution in [2.45, 2.75) is 26.9 Å². The van der Waals surface area contributed by atoms with Crippen molar-refractivity contribution in [2.75, 3.05) is 25.7 Å². The molecule has 6 nitrogen and oxygen atoms in total. The number of thiazole rings is 2. The molecule has 1 aliphatic heterocycles. The molecule has 0 N–H and O–H groups in total. The van der Waals surface area contributed by atoms with Gasteiger partial charge in [0.05, 0.1) is 14.2 Å². The second-order valence-corrected chi connectivity index (χ2v) is 13.4. The summed E-state index contributed by atoms with van der Waals surface area (Å²) in [7, 11) is 3.30. The number of anilines is 1. The molecule has 0 aliphatic carbocycles. The third-order valence-corrected chi connectivity index (χ3v) is 11.2. The van der Waals surface area contributed by atoms with Crippen molar-refractivity contribution in [2.24, 2.45) is 0 Å². The van der Waals surface area contributed by atoms with Crippen LogP contribution in [0.5, 0.6) is 11.5 Å². The number of fused-ring (bicyclic) bond motifs is 2. The number of rotatable bonds is 8. The number of allylic oxidation sites excluding steroid dienone is 1. The number of halogens is 2. The van der Waals surface area contributed by atoms with Gasteiger partial charge in [-0.05, 0) is 0 Å². The monoisotopic (exact) mass is 681 g/mol. The minimum atomic E-state index is 0. The van der Waals surface area contributed by atoms with Crippen LogP contribution in [-0.4, -0.2) is 40.3 Å². The van der Waals surface area contributed by atoms with E-state index in [1.807, 2.05) is 47.9 Å². The molecule has 0 amide bonds. The van der Waals surface area contributed by atoms with E-state index in [0.29, 0.717) is 29.1 Å². The third-order valence-electron chi connectivity index (χ3n) is 6.43. The molecule has 0 unspecified atom stereocenters. The van der Waals surface area contributed by atoms with E-state index in [-0.39, 0.29) is 32.9 Å². The number of nitrogens with zero attached hydrogens (tertiary/aromatic N) is 3. The van der Waals surface area contributed by atoms with Crippen molar-refractivity contribution in [3.05, 3.63) is 83.2 Å². The summed E-state index contributed by atoms with van der Waals surface area (Å²) < 4.78 is 20.3. The molecular weight excluding hydrogens is 652 g/mol. The average molecular weight is 682 g/mol. The van der Waals surface area contributed by atoms with Gasteiger partial charge in [-0.15, -0.1) is 0 Å². The first-order chi connectivity index (χ1) is 18.9. The van der Waals surface area contributed by atoms with Gasteiger partial charge < -0.3 is 21.9 Å². The van der Waals surface area contributed by atoms with Crippen molar-refractivity contribution in [3.8, 4) is 11.5 Å². The summed E-state index contributed by atoms with van der Waals surface area (Å²) in [5.74, 6) is 1.41. The molecule has 2 aromatic carbocycles. The van der Waals surface area contributed by atoms with Gasteiger partial charge in [-0.25, -0.2) is 0 Å². The molecule has 4 aromatic rings. The zero-order chi connectivity index (χ0) is 27.7. The Labute approximate surface area is 258 Å². The molecular formula is C29H29Cl2N3O3S2Se. The SMILES string of the molecule is C=CCN1C(=CC=c2sc(=Cc3sc4cc(OC)c(OC)cc4[n+]3CC)n(CC)c2=O)[Se]c2ccc(Cl)cc21.[Cl-]. The molecule has 210 valence electrons. The van der Waals surface area contributed by atoms with Crippen molar-refractivity contribution >= 4 is 81.7 Å². The summed E-state index contributed by atoms with van der Waals surface area (Å²) in [4.78, 5) is 15.6. The first kappa shape index (κ1) is 30.4. The maximum Gasteiger partial charge on any atom is -1.00 e. The van der Waals surface area contributed by atoms with E-state index < -0.39 is 0 Å². The standard InChI is InChI=1S/C29H29ClN3O3S2Se.ClH/c1-6-13-33-20-14-18(30)9-11-25(20)39-28(33)12-10-23-29(34)32(8-3)27(37-23)17-26-31(7-2)19-15-21(35-4)22(36-5)16-24(19)38-26;/h6,9-12,14-17H,1,7-8,13H2,2-5H3;1H/q+1;/p-1. The third kappa shape index (κ3) is 5.64. The molecule has 0 atom stereocenters. The van der Waals surface area contributed by atoms with Crippen LogP contribution in [0.25, 0.3) is 22.4 Å². The largest absolute Gasteiger partial charge is 1.00 e. The van der Waals surface area contributed by atoms with Gasteiger partial charge in [0.1, 0.15) is 0 Å². The number of ether oxygens (including phenoxy) is 2. The summed E-state index contributed by atoms with van der Waals surface area (Å²) >= 11 is 9.60. The van der Waals surface area contributed by atoms with Crippen LogP contribution in [-0.2, 0) is 13.1 Å². The molecule has 0 spiro atoms. The molecule has 0 bridgehead atoms. The molecule has 1 aliphatic rings. The van der Waals surface area contributed by atoms with Gasteiger partial charge in [-0.3, -0.25) is 0 Å². The van der Waals surface area contributed by atoms with E-state index in [4.69, 9.17) is 21.1 Å². The first-order valence-corrected chi connectivity index (χ1v) is 16.2. The second-order valence-electron chi connectivity index (χ2n) is 8.64. The Morgan fingerprint density at radius 3 is 2.52 bits per heavy atom. The van der Waals surface area contributed by atoms with Crippen LogP contribution < -0.4 is 50.6 Å². The van der Waals surface area contributed by atoms with Crippen LogP contribution in [0.15, 0.2) is 58.5 Å². The van der Waals surface area contributed by atoms with Crippen LogP contribution >= 0.6 is 34.3 Å². The van der Waals surface area contributed by atoms with Gasteiger partial charge in [0.2, 0.25) is 0 Å². The van der Waals surface area contributed by atoms with Gasteiger partial charge in [0, 0.05) is 0 Å². The van der Waals surface area contributed by atoms with E-state index >= 15 is 0 Å². The number of hydrogen-bond donors (Lipinski definition) is 0. The Morgan fingerprint density at radius 2 is 1.85 bits per heavy atom. The van der Waals surface area contributed by atoms with Crippen molar-refractivity contribution in [3.63, 3.8) is 0 Å². The van der Waals surface area contributed by atoms with Crippen LogP contribution in [0.1, 0.15) is 18.9 Å². The predicted molar refractivity (Wildman–Crippen MR) is 165 cm³/mol. The summed E-state index contributed by atoms with van der Waals surface area (Å²) in [5.41, 5.74) is 2.23. The Bertz CT molecular complexity index is 1790. The summed E-state index contributed by atoms with van der Waals surface area (Å²) in [6.07, 6.45) is 8.06. The number of aromatic nitrogens is 2.